The number of nitrogens with zero attached hydrogens (tertiary/aromatic N) is 3. The Morgan fingerprint density at radius 3 is 2.93 bits per heavy atom. The maximum absolute atomic E-state index is 13.2. The Bertz CT molecular complexity index is 481. The van der Waals surface area contributed by atoms with Crippen molar-refractivity contribution in [2.75, 3.05) is 0 Å². The number of rotatable bonds is 2. The summed E-state index contributed by atoms with van der Waals surface area (Å²) in [6, 6.07) is 4.60. The molecule has 15 heavy (non-hydrogen) atoms. The Balaban J connectivity index is 2.50. The Hall–Kier alpha value is -1.42. The number of hydrogen-bond acceptors (Lipinski definition) is 2. The van der Waals surface area contributed by atoms with Gasteiger partial charge in [0.1, 0.15) is 12.1 Å². The molecule has 5 heteroatoms. The first-order valence-corrected chi connectivity index (χ1v) is 4.93. The van der Waals surface area contributed by atoms with Crippen LogP contribution in [-0.2, 0) is 6.54 Å². The van der Waals surface area contributed by atoms with E-state index in [1.807, 2.05) is 11.5 Å². The largest absolute Gasteiger partial charge is 0.314 e. The Kier molecular flexibility index (Phi) is 2.68. The Labute approximate surface area is 91.5 Å². The summed E-state index contributed by atoms with van der Waals surface area (Å²) >= 11 is 5.60. The van der Waals surface area contributed by atoms with Gasteiger partial charge < -0.3 is 4.57 Å². The molecule has 0 radical (unpaired) electrons. The van der Waals surface area contributed by atoms with Crippen molar-refractivity contribution in [2.24, 2.45) is 0 Å². The highest BCUT2D eigenvalue weighted by atomic mass is 35.5. The molecule has 0 atom stereocenters. The van der Waals surface area contributed by atoms with Crippen LogP contribution in [0.5, 0.6) is 0 Å². The van der Waals surface area contributed by atoms with Crippen LogP contribution in [0.15, 0.2) is 24.5 Å². The SMILES string of the molecule is CCn1cnnc1-c1ccc(Cl)c(F)c1. The molecule has 0 fully saturated rings. The molecule has 0 amide bonds. The van der Waals surface area contributed by atoms with Crippen LogP contribution in [0.1, 0.15) is 6.92 Å². The highest BCUT2D eigenvalue weighted by Crippen LogP contribution is 2.22. The molecule has 0 bridgehead atoms. The van der Waals surface area contributed by atoms with Crippen LogP contribution in [-0.4, -0.2) is 14.8 Å². The fourth-order valence-electron chi connectivity index (χ4n) is 1.35. The predicted octanol–water partition coefficient (Wildman–Crippen LogP) is 2.76. The summed E-state index contributed by atoms with van der Waals surface area (Å²) < 4.78 is 15.1. The Morgan fingerprint density at radius 1 is 1.47 bits per heavy atom. The summed E-state index contributed by atoms with van der Waals surface area (Å²) in [6.07, 6.45) is 1.61. The lowest BCUT2D eigenvalue weighted by molar-refractivity contribution is 0.628. The van der Waals surface area contributed by atoms with Crippen molar-refractivity contribution < 1.29 is 4.39 Å². The zero-order chi connectivity index (χ0) is 10.8. The molecular weight excluding hydrogens is 217 g/mol. The van der Waals surface area contributed by atoms with Crippen molar-refractivity contribution in [2.45, 2.75) is 13.5 Å². The second-order valence-electron chi connectivity index (χ2n) is 3.07. The van der Waals surface area contributed by atoms with E-state index in [0.29, 0.717) is 11.4 Å². The topological polar surface area (TPSA) is 30.7 Å². The minimum Gasteiger partial charge on any atom is -0.314 e. The van der Waals surface area contributed by atoms with Crippen LogP contribution in [0.25, 0.3) is 11.4 Å². The normalized spacial score (nSPS) is 10.6. The third-order valence-electron chi connectivity index (χ3n) is 2.13. The van der Waals surface area contributed by atoms with E-state index in [0.717, 1.165) is 6.54 Å². The minimum atomic E-state index is -0.445. The molecule has 1 heterocycles. The first kappa shape index (κ1) is 10.1. The van der Waals surface area contributed by atoms with E-state index in [2.05, 4.69) is 10.2 Å². The lowest BCUT2D eigenvalue weighted by atomic mass is 10.2. The monoisotopic (exact) mass is 225 g/mol. The average Bonchev–Trinajstić information content (AvgIpc) is 2.70. The molecule has 0 spiro atoms. The fourth-order valence-corrected chi connectivity index (χ4v) is 1.46. The van der Waals surface area contributed by atoms with Gasteiger partial charge in [0.05, 0.1) is 5.02 Å². The molecule has 3 nitrogen and oxygen atoms in total. The van der Waals surface area contributed by atoms with E-state index in [9.17, 15) is 4.39 Å². The lowest BCUT2D eigenvalue weighted by Crippen LogP contribution is -1.96. The highest BCUT2D eigenvalue weighted by Gasteiger charge is 2.08. The number of halogens is 2. The third kappa shape index (κ3) is 1.85. The molecule has 0 unspecified atom stereocenters. The quantitative estimate of drug-likeness (QED) is 0.787. The molecule has 0 aliphatic carbocycles. The summed E-state index contributed by atoms with van der Waals surface area (Å²) in [5.74, 6) is 0.202. The van der Waals surface area contributed by atoms with E-state index in [4.69, 9.17) is 11.6 Å². The number of aryl methyl sites for hydroxylation is 1. The van der Waals surface area contributed by atoms with Crippen molar-refractivity contribution in [3.8, 4) is 11.4 Å². The molecular formula is C10H9ClFN3. The van der Waals surface area contributed by atoms with Gasteiger partial charge in [-0.2, -0.15) is 0 Å². The molecule has 0 N–H and O–H groups in total. The first-order chi connectivity index (χ1) is 7.22. The van der Waals surface area contributed by atoms with Crippen LogP contribution >= 0.6 is 11.6 Å². The van der Waals surface area contributed by atoms with Gasteiger partial charge in [-0.3, -0.25) is 0 Å². The highest BCUT2D eigenvalue weighted by molar-refractivity contribution is 6.30. The molecule has 0 aliphatic rings. The minimum absolute atomic E-state index is 0.112. The Morgan fingerprint density at radius 2 is 2.27 bits per heavy atom. The van der Waals surface area contributed by atoms with E-state index < -0.39 is 5.82 Å². The van der Waals surface area contributed by atoms with E-state index in [1.165, 1.54) is 12.1 Å². The molecule has 0 aliphatic heterocycles. The van der Waals surface area contributed by atoms with E-state index >= 15 is 0 Å². The molecule has 2 aromatic rings. The standard InChI is InChI=1S/C10H9ClFN3/c1-2-15-6-13-14-10(15)7-3-4-8(11)9(12)5-7/h3-6H,2H2,1H3. The van der Waals surface area contributed by atoms with Crippen LogP contribution < -0.4 is 0 Å². The second kappa shape index (κ2) is 3.98. The zero-order valence-electron chi connectivity index (χ0n) is 8.11. The summed E-state index contributed by atoms with van der Waals surface area (Å²) in [5, 5.41) is 7.82. The molecule has 1 aromatic heterocycles. The number of aromatic nitrogens is 3. The van der Waals surface area contributed by atoms with E-state index in [-0.39, 0.29) is 5.02 Å². The third-order valence-corrected chi connectivity index (χ3v) is 2.44. The summed E-state index contributed by atoms with van der Waals surface area (Å²) in [4.78, 5) is 0. The first-order valence-electron chi connectivity index (χ1n) is 4.55. The lowest BCUT2D eigenvalue weighted by Gasteiger charge is -2.03. The van der Waals surface area contributed by atoms with Gasteiger partial charge in [-0.1, -0.05) is 11.6 Å². The maximum Gasteiger partial charge on any atom is 0.163 e. The second-order valence-corrected chi connectivity index (χ2v) is 3.48. The molecule has 0 saturated heterocycles. The van der Waals surface area contributed by atoms with Crippen molar-refractivity contribution in [3.05, 3.63) is 35.4 Å². The zero-order valence-corrected chi connectivity index (χ0v) is 8.87. The van der Waals surface area contributed by atoms with Gasteiger partial charge in [-0.05, 0) is 25.1 Å². The van der Waals surface area contributed by atoms with Crippen LogP contribution in [0.3, 0.4) is 0 Å². The van der Waals surface area contributed by atoms with Gasteiger partial charge in [0, 0.05) is 12.1 Å². The summed E-state index contributed by atoms with van der Waals surface area (Å²) in [6.45, 7) is 2.71. The van der Waals surface area contributed by atoms with Crippen molar-refractivity contribution in [1.82, 2.24) is 14.8 Å². The van der Waals surface area contributed by atoms with Crippen LogP contribution in [0.4, 0.5) is 4.39 Å². The van der Waals surface area contributed by atoms with Gasteiger partial charge in [0.25, 0.3) is 0 Å². The predicted molar refractivity (Wildman–Crippen MR) is 56.1 cm³/mol. The van der Waals surface area contributed by atoms with Gasteiger partial charge in [-0.25, -0.2) is 4.39 Å². The van der Waals surface area contributed by atoms with Crippen molar-refractivity contribution in [3.63, 3.8) is 0 Å². The van der Waals surface area contributed by atoms with Gasteiger partial charge in [-0.15, -0.1) is 10.2 Å². The number of benzene rings is 1. The summed E-state index contributed by atoms with van der Waals surface area (Å²) in [5.41, 5.74) is 0.677. The van der Waals surface area contributed by atoms with Crippen LogP contribution in [0, 0.1) is 5.82 Å². The maximum atomic E-state index is 13.2. The smallest absolute Gasteiger partial charge is 0.163 e. The van der Waals surface area contributed by atoms with Gasteiger partial charge in [0.15, 0.2) is 5.82 Å². The summed E-state index contributed by atoms with van der Waals surface area (Å²) in [7, 11) is 0. The fraction of sp³-hybridized carbons (Fsp3) is 0.200. The van der Waals surface area contributed by atoms with Gasteiger partial charge in [0.2, 0.25) is 0 Å². The van der Waals surface area contributed by atoms with Gasteiger partial charge >= 0.3 is 0 Å². The average molecular weight is 226 g/mol. The van der Waals surface area contributed by atoms with Crippen molar-refractivity contribution in [1.29, 1.82) is 0 Å². The molecule has 1 aromatic carbocycles. The molecule has 2 rings (SSSR count). The van der Waals surface area contributed by atoms with Crippen LogP contribution in [0.2, 0.25) is 5.02 Å². The molecule has 0 saturated carbocycles. The number of hydrogen-bond donors (Lipinski definition) is 0. The van der Waals surface area contributed by atoms with E-state index in [1.54, 1.807) is 12.4 Å². The molecule has 78 valence electrons. The van der Waals surface area contributed by atoms with Crippen molar-refractivity contribution >= 4 is 11.6 Å².